The first-order valence-electron chi connectivity index (χ1n) is 6.12. The highest BCUT2D eigenvalue weighted by Crippen LogP contribution is 2.14. The first kappa shape index (κ1) is 15.4. The van der Waals surface area contributed by atoms with E-state index in [1.807, 2.05) is 27.7 Å². The second-order valence-electron chi connectivity index (χ2n) is 4.59. The van der Waals surface area contributed by atoms with Gasteiger partial charge in [0.1, 0.15) is 0 Å². The Kier molecular flexibility index (Phi) is 7.34. The predicted octanol–water partition coefficient (Wildman–Crippen LogP) is 0.899. The van der Waals surface area contributed by atoms with Gasteiger partial charge in [0.05, 0.1) is 0 Å². The van der Waals surface area contributed by atoms with E-state index in [1.165, 1.54) is 0 Å². The molecule has 0 bridgehead atoms. The minimum absolute atomic E-state index is 0.0375. The third kappa shape index (κ3) is 5.47. The molecule has 4 heteroatoms. The smallest absolute Gasteiger partial charge is 0.224 e. The topological polar surface area (TPSA) is 61.4 Å². The maximum Gasteiger partial charge on any atom is 0.224 e. The average Bonchev–Trinajstić information content (AvgIpc) is 2.26. The van der Waals surface area contributed by atoms with Gasteiger partial charge >= 0.3 is 0 Å². The monoisotopic (exact) mass is 230 g/mol. The fourth-order valence-corrected chi connectivity index (χ4v) is 1.45. The third-order valence-electron chi connectivity index (χ3n) is 3.02. The first-order valence-corrected chi connectivity index (χ1v) is 6.12. The summed E-state index contributed by atoms with van der Waals surface area (Å²) < 4.78 is 0. The summed E-state index contributed by atoms with van der Waals surface area (Å²) in [7, 11) is 0. The van der Waals surface area contributed by atoms with Crippen molar-refractivity contribution >= 4 is 5.91 Å². The number of aliphatic hydroxyl groups is 1. The van der Waals surface area contributed by atoms with Gasteiger partial charge in [-0.2, -0.15) is 0 Å². The zero-order valence-electron chi connectivity index (χ0n) is 11.0. The summed E-state index contributed by atoms with van der Waals surface area (Å²) in [6.07, 6.45) is 1.43. The molecule has 4 nitrogen and oxygen atoms in total. The lowest BCUT2D eigenvalue weighted by Gasteiger charge is -2.30. The molecule has 0 saturated carbocycles. The van der Waals surface area contributed by atoms with Crippen LogP contribution in [0, 0.1) is 5.92 Å². The fraction of sp³-hybridized carbons (Fsp3) is 0.917. The van der Waals surface area contributed by atoms with E-state index in [0.29, 0.717) is 13.0 Å². The second kappa shape index (κ2) is 7.63. The number of carbonyl (C=O) groups is 1. The van der Waals surface area contributed by atoms with Gasteiger partial charge in [0, 0.05) is 24.6 Å². The van der Waals surface area contributed by atoms with Crippen LogP contribution < -0.4 is 10.6 Å². The van der Waals surface area contributed by atoms with Crippen LogP contribution in [0.2, 0.25) is 0 Å². The molecule has 16 heavy (non-hydrogen) atoms. The van der Waals surface area contributed by atoms with E-state index < -0.39 is 0 Å². The highest BCUT2D eigenvalue weighted by Gasteiger charge is 2.25. The van der Waals surface area contributed by atoms with Gasteiger partial charge in [0.25, 0.3) is 0 Å². The molecule has 96 valence electrons. The van der Waals surface area contributed by atoms with Gasteiger partial charge in [-0.3, -0.25) is 4.79 Å². The van der Waals surface area contributed by atoms with Crippen LogP contribution >= 0.6 is 0 Å². The molecule has 1 amide bonds. The molecule has 2 atom stereocenters. The van der Waals surface area contributed by atoms with Crippen LogP contribution in [0.5, 0.6) is 0 Å². The summed E-state index contributed by atoms with van der Waals surface area (Å²) in [6, 6.07) is 0. The summed E-state index contributed by atoms with van der Waals surface area (Å²) in [6.45, 7) is 9.60. The quantitative estimate of drug-likeness (QED) is 0.580. The summed E-state index contributed by atoms with van der Waals surface area (Å²) in [5.41, 5.74) is -0.285. The van der Waals surface area contributed by atoms with Crippen molar-refractivity contribution in [3.8, 4) is 0 Å². The Morgan fingerprint density at radius 1 is 1.44 bits per heavy atom. The van der Waals surface area contributed by atoms with Crippen LogP contribution in [-0.2, 0) is 4.79 Å². The molecule has 0 radical (unpaired) electrons. The van der Waals surface area contributed by atoms with E-state index >= 15 is 0 Å². The van der Waals surface area contributed by atoms with Gasteiger partial charge in [-0.25, -0.2) is 0 Å². The van der Waals surface area contributed by atoms with Crippen molar-refractivity contribution in [3.05, 3.63) is 0 Å². The van der Waals surface area contributed by atoms with Crippen molar-refractivity contribution in [2.45, 2.75) is 46.1 Å². The second-order valence-corrected chi connectivity index (χ2v) is 4.59. The minimum Gasteiger partial charge on any atom is -0.396 e. The SMILES string of the molecule is CCNCC(C)C(=O)NC(C)(CC)CCO. The minimum atomic E-state index is -0.285. The highest BCUT2D eigenvalue weighted by atomic mass is 16.3. The molecule has 0 rings (SSSR count). The van der Waals surface area contributed by atoms with Gasteiger partial charge in [0.15, 0.2) is 0 Å². The third-order valence-corrected chi connectivity index (χ3v) is 3.02. The molecule has 0 spiro atoms. The normalized spacial score (nSPS) is 16.6. The molecule has 0 aromatic rings. The number of hydrogen-bond donors (Lipinski definition) is 3. The van der Waals surface area contributed by atoms with Crippen LogP contribution in [0.3, 0.4) is 0 Å². The van der Waals surface area contributed by atoms with E-state index in [2.05, 4.69) is 10.6 Å². The number of aliphatic hydroxyl groups excluding tert-OH is 1. The van der Waals surface area contributed by atoms with E-state index in [-0.39, 0.29) is 24.0 Å². The predicted molar refractivity (Wildman–Crippen MR) is 66.2 cm³/mol. The summed E-state index contributed by atoms with van der Waals surface area (Å²) in [5.74, 6) is 0.0169. The Morgan fingerprint density at radius 3 is 2.50 bits per heavy atom. The van der Waals surface area contributed by atoms with Crippen molar-refractivity contribution in [3.63, 3.8) is 0 Å². The van der Waals surface area contributed by atoms with Crippen LogP contribution in [0.1, 0.15) is 40.5 Å². The lowest BCUT2D eigenvalue weighted by molar-refractivity contribution is -0.126. The molecule has 0 aliphatic rings. The Labute approximate surface area is 98.8 Å². The molecule has 3 N–H and O–H groups in total. The molecular formula is C12H26N2O2. The number of rotatable bonds is 8. The summed E-state index contributed by atoms with van der Waals surface area (Å²) in [4.78, 5) is 11.9. The lowest BCUT2D eigenvalue weighted by Crippen LogP contribution is -2.49. The largest absolute Gasteiger partial charge is 0.396 e. The Morgan fingerprint density at radius 2 is 2.06 bits per heavy atom. The van der Waals surface area contributed by atoms with Gasteiger partial charge in [-0.05, 0) is 26.3 Å². The fourth-order valence-electron chi connectivity index (χ4n) is 1.45. The van der Waals surface area contributed by atoms with E-state index in [0.717, 1.165) is 13.0 Å². The number of nitrogens with one attached hydrogen (secondary N) is 2. The standard InChI is InChI=1S/C12H26N2O2/c1-5-12(4,7-8-15)14-11(16)10(3)9-13-6-2/h10,13,15H,5-9H2,1-4H3,(H,14,16). The van der Waals surface area contributed by atoms with Crippen molar-refractivity contribution in [1.29, 1.82) is 0 Å². The van der Waals surface area contributed by atoms with E-state index in [4.69, 9.17) is 5.11 Å². The van der Waals surface area contributed by atoms with Crippen LogP contribution in [0.25, 0.3) is 0 Å². The lowest BCUT2D eigenvalue weighted by atomic mass is 9.94. The molecule has 0 aromatic heterocycles. The van der Waals surface area contributed by atoms with Gasteiger partial charge in [-0.15, -0.1) is 0 Å². The molecule has 0 fully saturated rings. The Hall–Kier alpha value is -0.610. The molecule has 0 heterocycles. The number of amides is 1. The Balaban J connectivity index is 4.18. The molecule has 0 aliphatic heterocycles. The van der Waals surface area contributed by atoms with Gasteiger partial charge in [-0.1, -0.05) is 20.8 Å². The van der Waals surface area contributed by atoms with Crippen LogP contribution in [0.4, 0.5) is 0 Å². The zero-order chi connectivity index (χ0) is 12.6. The van der Waals surface area contributed by atoms with Crippen LogP contribution in [-0.4, -0.2) is 36.2 Å². The van der Waals surface area contributed by atoms with Crippen molar-refractivity contribution in [2.24, 2.45) is 5.92 Å². The van der Waals surface area contributed by atoms with Gasteiger partial charge < -0.3 is 15.7 Å². The average molecular weight is 230 g/mol. The summed E-state index contributed by atoms with van der Waals surface area (Å²) in [5, 5.41) is 15.1. The van der Waals surface area contributed by atoms with E-state index in [1.54, 1.807) is 0 Å². The van der Waals surface area contributed by atoms with Crippen molar-refractivity contribution in [2.75, 3.05) is 19.7 Å². The number of hydrogen-bond acceptors (Lipinski definition) is 3. The molecule has 2 unspecified atom stereocenters. The maximum atomic E-state index is 11.9. The van der Waals surface area contributed by atoms with Crippen molar-refractivity contribution in [1.82, 2.24) is 10.6 Å². The Bertz CT molecular complexity index is 209. The molecule has 0 saturated heterocycles. The maximum absolute atomic E-state index is 11.9. The number of carbonyl (C=O) groups excluding carboxylic acids is 1. The zero-order valence-corrected chi connectivity index (χ0v) is 11.0. The van der Waals surface area contributed by atoms with E-state index in [9.17, 15) is 4.79 Å². The first-order chi connectivity index (χ1) is 7.49. The molecule has 0 aromatic carbocycles. The molecule has 0 aliphatic carbocycles. The van der Waals surface area contributed by atoms with Crippen LogP contribution in [0.15, 0.2) is 0 Å². The van der Waals surface area contributed by atoms with Gasteiger partial charge in [0.2, 0.25) is 5.91 Å². The molecular weight excluding hydrogens is 204 g/mol. The summed E-state index contributed by atoms with van der Waals surface area (Å²) >= 11 is 0. The van der Waals surface area contributed by atoms with Crippen molar-refractivity contribution < 1.29 is 9.90 Å². The highest BCUT2D eigenvalue weighted by molar-refractivity contribution is 5.79.